The number of piperazine rings is 1. The normalized spacial score (nSPS) is 20.2. The summed E-state index contributed by atoms with van der Waals surface area (Å²) in [7, 11) is 0. The lowest BCUT2D eigenvalue weighted by Gasteiger charge is -2.36. The molecule has 1 aliphatic heterocycles. The lowest BCUT2D eigenvalue weighted by molar-refractivity contribution is 0.0884. The zero-order chi connectivity index (χ0) is 14.8. The molecule has 0 aliphatic carbocycles. The number of hydrogen-bond donors (Lipinski definition) is 0. The second-order valence-corrected chi connectivity index (χ2v) is 6.76. The van der Waals surface area contributed by atoms with Crippen LogP contribution < -0.4 is 0 Å². The smallest absolute Gasteiger partial charge is 0.243 e. The lowest BCUT2D eigenvalue weighted by atomic mass is 9.96. The molecule has 0 N–H and O–H groups in total. The second kappa shape index (κ2) is 6.22. The molecule has 1 aromatic heterocycles. The van der Waals surface area contributed by atoms with Crippen molar-refractivity contribution in [2.24, 2.45) is 0 Å². The van der Waals surface area contributed by atoms with Crippen molar-refractivity contribution in [2.45, 2.75) is 52.5 Å². The Bertz CT molecular complexity index is 416. The predicted molar refractivity (Wildman–Crippen MR) is 79.7 cm³/mol. The molecule has 1 saturated heterocycles. The standard InChI is InChI=1S/C15H28N4O/c1-6-7-18-8-10-19(11-9-18)12(2)13-16-14(17-20-13)15(3,4)5/h12H,6-11H2,1-5H3/t12-/m1/s1. The highest BCUT2D eigenvalue weighted by Gasteiger charge is 2.27. The highest BCUT2D eigenvalue weighted by molar-refractivity contribution is 5.02. The highest BCUT2D eigenvalue weighted by atomic mass is 16.5. The van der Waals surface area contributed by atoms with Crippen LogP contribution in [0.3, 0.4) is 0 Å². The summed E-state index contributed by atoms with van der Waals surface area (Å²) in [4.78, 5) is 9.54. The minimum atomic E-state index is -0.0543. The fraction of sp³-hybridized carbons (Fsp3) is 0.867. The van der Waals surface area contributed by atoms with Crippen LogP contribution in [-0.4, -0.2) is 52.7 Å². The quantitative estimate of drug-likeness (QED) is 0.847. The molecule has 0 aromatic carbocycles. The molecule has 0 unspecified atom stereocenters. The van der Waals surface area contributed by atoms with Crippen LogP contribution in [0.4, 0.5) is 0 Å². The van der Waals surface area contributed by atoms with Gasteiger partial charge < -0.3 is 9.42 Å². The summed E-state index contributed by atoms with van der Waals surface area (Å²) in [5, 5.41) is 4.12. The average molecular weight is 280 g/mol. The van der Waals surface area contributed by atoms with Crippen molar-refractivity contribution in [1.82, 2.24) is 19.9 Å². The Kier molecular flexibility index (Phi) is 4.81. The van der Waals surface area contributed by atoms with Crippen molar-refractivity contribution >= 4 is 0 Å². The third-order valence-electron chi connectivity index (χ3n) is 3.96. The van der Waals surface area contributed by atoms with Gasteiger partial charge >= 0.3 is 0 Å². The monoisotopic (exact) mass is 280 g/mol. The first kappa shape index (κ1) is 15.4. The van der Waals surface area contributed by atoms with E-state index in [9.17, 15) is 0 Å². The van der Waals surface area contributed by atoms with Gasteiger partial charge in [-0.25, -0.2) is 0 Å². The molecule has 2 rings (SSSR count). The van der Waals surface area contributed by atoms with Gasteiger partial charge in [0.1, 0.15) is 0 Å². The summed E-state index contributed by atoms with van der Waals surface area (Å²) in [5.41, 5.74) is -0.0543. The molecule has 5 heteroatoms. The van der Waals surface area contributed by atoms with Crippen LogP contribution in [0, 0.1) is 0 Å². The molecule has 1 aromatic rings. The van der Waals surface area contributed by atoms with Crippen molar-refractivity contribution in [1.29, 1.82) is 0 Å². The number of rotatable bonds is 4. The summed E-state index contributed by atoms with van der Waals surface area (Å²) in [6.07, 6.45) is 1.23. The maximum atomic E-state index is 5.46. The predicted octanol–water partition coefficient (Wildman–Crippen LogP) is 2.46. The van der Waals surface area contributed by atoms with E-state index in [4.69, 9.17) is 4.52 Å². The summed E-state index contributed by atoms with van der Waals surface area (Å²) < 4.78 is 5.46. The Morgan fingerprint density at radius 3 is 2.35 bits per heavy atom. The molecule has 1 aliphatic rings. The Balaban J connectivity index is 1.95. The van der Waals surface area contributed by atoms with Crippen LogP contribution in [-0.2, 0) is 5.41 Å². The summed E-state index contributed by atoms with van der Waals surface area (Å²) in [6, 6.07) is 0.211. The largest absolute Gasteiger partial charge is 0.338 e. The Morgan fingerprint density at radius 2 is 1.85 bits per heavy atom. The Morgan fingerprint density at radius 1 is 1.20 bits per heavy atom. The molecule has 0 bridgehead atoms. The van der Waals surface area contributed by atoms with Gasteiger partial charge in [-0.05, 0) is 19.9 Å². The molecule has 0 radical (unpaired) electrons. The topological polar surface area (TPSA) is 45.4 Å². The fourth-order valence-electron chi connectivity index (χ4n) is 2.56. The van der Waals surface area contributed by atoms with Crippen LogP contribution in [0.2, 0.25) is 0 Å². The Hall–Kier alpha value is -0.940. The van der Waals surface area contributed by atoms with Gasteiger partial charge in [0.2, 0.25) is 5.89 Å². The molecule has 2 heterocycles. The van der Waals surface area contributed by atoms with Gasteiger partial charge in [0.05, 0.1) is 6.04 Å². The summed E-state index contributed by atoms with van der Waals surface area (Å²) in [5.74, 6) is 1.54. The van der Waals surface area contributed by atoms with Crippen LogP contribution in [0.5, 0.6) is 0 Å². The van der Waals surface area contributed by atoms with E-state index in [0.717, 1.165) is 37.9 Å². The molecular formula is C15H28N4O. The molecule has 114 valence electrons. The van der Waals surface area contributed by atoms with Crippen molar-refractivity contribution in [3.63, 3.8) is 0 Å². The number of aromatic nitrogens is 2. The van der Waals surface area contributed by atoms with Crippen molar-refractivity contribution < 1.29 is 4.52 Å². The van der Waals surface area contributed by atoms with E-state index in [1.165, 1.54) is 13.0 Å². The second-order valence-electron chi connectivity index (χ2n) is 6.76. The van der Waals surface area contributed by atoms with E-state index in [1.807, 2.05) is 0 Å². The highest BCUT2D eigenvalue weighted by Crippen LogP contribution is 2.24. The van der Waals surface area contributed by atoms with Crippen LogP contribution in [0.1, 0.15) is 58.8 Å². The molecule has 20 heavy (non-hydrogen) atoms. The fourth-order valence-corrected chi connectivity index (χ4v) is 2.56. The maximum absolute atomic E-state index is 5.46. The zero-order valence-electron chi connectivity index (χ0n) is 13.5. The van der Waals surface area contributed by atoms with Gasteiger partial charge in [0.15, 0.2) is 5.82 Å². The maximum Gasteiger partial charge on any atom is 0.243 e. The molecule has 0 amide bonds. The third kappa shape index (κ3) is 3.58. The first-order valence-electron chi connectivity index (χ1n) is 7.72. The van der Waals surface area contributed by atoms with Gasteiger partial charge in [0, 0.05) is 31.6 Å². The summed E-state index contributed by atoms with van der Waals surface area (Å²) in [6.45, 7) is 16.4. The number of nitrogens with zero attached hydrogens (tertiary/aromatic N) is 4. The van der Waals surface area contributed by atoms with E-state index >= 15 is 0 Å². The van der Waals surface area contributed by atoms with Crippen LogP contribution in [0.15, 0.2) is 4.52 Å². The van der Waals surface area contributed by atoms with Crippen LogP contribution in [0.25, 0.3) is 0 Å². The van der Waals surface area contributed by atoms with E-state index in [0.29, 0.717) is 0 Å². The minimum Gasteiger partial charge on any atom is -0.338 e. The van der Waals surface area contributed by atoms with E-state index in [-0.39, 0.29) is 11.5 Å². The third-order valence-corrected chi connectivity index (χ3v) is 3.96. The molecule has 5 nitrogen and oxygen atoms in total. The molecule has 1 atom stereocenters. The van der Waals surface area contributed by atoms with Gasteiger partial charge in [-0.15, -0.1) is 0 Å². The summed E-state index contributed by atoms with van der Waals surface area (Å²) >= 11 is 0. The van der Waals surface area contributed by atoms with Crippen molar-refractivity contribution in [3.05, 3.63) is 11.7 Å². The van der Waals surface area contributed by atoms with E-state index in [1.54, 1.807) is 0 Å². The zero-order valence-corrected chi connectivity index (χ0v) is 13.5. The van der Waals surface area contributed by atoms with Gasteiger partial charge in [0.25, 0.3) is 0 Å². The average Bonchev–Trinajstić information content (AvgIpc) is 2.89. The first-order chi connectivity index (χ1) is 9.41. The van der Waals surface area contributed by atoms with Crippen LogP contribution >= 0.6 is 0 Å². The molecule has 0 spiro atoms. The SMILES string of the molecule is CCCN1CCN([C@H](C)c2nc(C(C)(C)C)no2)CC1. The number of hydrogen-bond acceptors (Lipinski definition) is 5. The minimum absolute atomic E-state index is 0.0543. The Labute approximate surface area is 122 Å². The van der Waals surface area contributed by atoms with Gasteiger partial charge in [-0.2, -0.15) is 4.98 Å². The molecular weight excluding hydrogens is 252 g/mol. The van der Waals surface area contributed by atoms with Crippen molar-refractivity contribution in [2.75, 3.05) is 32.7 Å². The molecule has 1 fully saturated rings. The van der Waals surface area contributed by atoms with E-state index < -0.39 is 0 Å². The first-order valence-corrected chi connectivity index (χ1v) is 7.72. The van der Waals surface area contributed by atoms with E-state index in [2.05, 4.69) is 54.6 Å². The molecule has 0 saturated carbocycles. The van der Waals surface area contributed by atoms with Gasteiger partial charge in [-0.3, -0.25) is 4.90 Å². The van der Waals surface area contributed by atoms with Gasteiger partial charge in [-0.1, -0.05) is 32.9 Å². The lowest BCUT2D eigenvalue weighted by Crippen LogP contribution is -2.47. The van der Waals surface area contributed by atoms with Crippen molar-refractivity contribution in [3.8, 4) is 0 Å².